The van der Waals surface area contributed by atoms with E-state index in [1.165, 1.54) is 12.8 Å². The first-order chi connectivity index (χ1) is 8.60. The van der Waals surface area contributed by atoms with Crippen molar-refractivity contribution < 1.29 is 9.90 Å². The molecule has 3 nitrogen and oxygen atoms in total. The number of nitrogens with one attached hydrogen (secondary N) is 1. The minimum absolute atomic E-state index is 0.332. The average Bonchev–Trinajstić information content (AvgIpc) is 3.14. The number of aromatic carboxylic acids is 1. The van der Waals surface area contributed by atoms with Crippen LogP contribution in [0.4, 0.5) is 5.69 Å². The van der Waals surface area contributed by atoms with Gasteiger partial charge in [0.05, 0.1) is 5.56 Å². The number of rotatable bonds is 6. The predicted octanol–water partition coefficient (Wildman–Crippen LogP) is 4.14. The Labute approximate surface area is 116 Å². The zero-order chi connectivity index (χ0) is 13.1. The maximum atomic E-state index is 11.2. The summed E-state index contributed by atoms with van der Waals surface area (Å²) in [6.45, 7) is 2.14. The normalized spacial score (nSPS) is 16.3. The molecule has 0 spiro atoms. The Kier molecular flexibility index (Phi) is 4.27. The molecule has 0 aromatic heterocycles. The molecule has 0 aliphatic heterocycles. The first-order valence-corrected chi connectivity index (χ1v) is 7.18. The van der Waals surface area contributed by atoms with Crippen LogP contribution in [0.5, 0.6) is 0 Å². The summed E-state index contributed by atoms with van der Waals surface area (Å²) >= 11 is 3.31. The Balaban J connectivity index is 2.13. The number of hydrogen-bond acceptors (Lipinski definition) is 2. The number of hydrogen-bond donors (Lipinski definition) is 2. The monoisotopic (exact) mass is 311 g/mol. The highest BCUT2D eigenvalue weighted by Gasteiger charge is 2.25. The van der Waals surface area contributed by atoms with Crippen molar-refractivity contribution in [2.45, 2.75) is 38.6 Å². The highest BCUT2D eigenvalue weighted by molar-refractivity contribution is 9.10. The smallest absolute Gasteiger partial charge is 0.337 e. The van der Waals surface area contributed by atoms with E-state index in [2.05, 4.69) is 28.2 Å². The molecule has 0 radical (unpaired) electrons. The van der Waals surface area contributed by atoms with Gasteiger partial charge in [-0.05, 0) is 37.0 Å². The molecule has 2 rings (SSSR count). The molecule has 98 valence electrons. The topological polar surface area (TPSA) is 49.3 Å². The number of carbonyl (C=O) groups is 1. The molecule has 0 saturated heterocycles. The third-order valence-corrected chi connectivity index (χ3v) is 3.87. The molecule has 18 heavy (non-hydrogen) atoms. The van der Waals surface area contributed by atoms with E-state index in [1.807, 2.05) is 12.1 Å². The molecule has 1 fully saturated rings. The van der Waals surface area contributed by atoms with Crippen LogP contribution in [-0.2, 0) is 0 Å². The number of anilines is 1. The fourth-order valence-electron chi connectivity index (χ4n) is 2.12. The number of carboxylic acids is 1. The van der Waals surface area contributed by atoms with Crippen LogP contribution in [0.1, 0.15) is 43.0 Å². The van der Waals surface area contributed by atoms with Gasteiger partial charge in [-0.15, -0.1) is 0 Å². The summed E-state index contributed by atoms with van der Waals surface area (Å²) < 4.78 is 0.792. The van der Waals surface area contributed by atoms with E-state index in [0.29, 0.717) is 11.6 Å². The van der Waals surface area contributed by atoms with Crippen LogP contribution in [0.3, 0.4) is 0 Å². The van der Waals surface area contributed by atoms with Crippen LogP contribution in [0.15, 0.2) is 22.7 Å². The maximum absolute atomic E-state index is 11.2. The molecular formula is C14H18BrNO2. The van der Waals surface area contributed by atoms with Gasteiger partial charge in [-0.2, -0.15) is 0 Å². The fourth-order valence-corrected chi connectivity index (χ4v) is 2.48. The molecule has 1 atom stereocenters. The molecule has 4 heteroatoms. The van der Waals surface area contributed by atoms with Gasteiger partial charge in [-0.3, -0.25) is 0 Å². The SMILES string of the molecule is CCC(CC1CC1)Nc1ccc(Br)cc1C(=O)O. The molecule has 0 heterocycles. The second kappa shape index (κ2) is 5.74. The number of carboxylic acid groups (broad SMARTS) is 1. The van der Waals surface area contributed by atoms with Crippen LogP contribution < -0.4 is 5.32 Å². The standard InChI is InChI=1S/C14H18BrNO2/c1-2-11(7-9-3-4-9)16-13-6-5-10(15)8-12(13)14(17)18/h5-6,8-9,11,16H,2-4,7H2,1H3,(H,17,18). The zero-order valence-corrected chi connectivity index (χ0v) is 12.0. The van der Waals surface area contributed by atoms with Crippen LogP contribution in [0, 0.1) is 5.92 Å². The summed E-state index contributed by atoms with van der Waals surface area (Å²) in [6.07, 6.45) is 4.81. The van der Waals surface area contributed by atoms with E-state index >= 15 is 0 Å². The van der Waals surface area contributed by atoms with Crippen LogP contribution in [0.25, 0.3) is 0 Å². The van der Waals surface area contributed by atoms with E-state index < -0.39 is 5.97 Å². The van der Waals surface area contributed by atoms with E-state index in [9.17, 15) is 9.90 Å². The second-order valence-corrected chi connectivity index (χ2v) is 5.84. The van der Waals surface area contributed by atoms with Gasteiger partial charge in [0.25, 0.3) is 0 Å². The lowest BCUT2D eigenvalue weighted by atomic mass is 10.1. The van der Waals surface area contributed by atoms with Crippen molar-refractivity contribution in [3.63, 3.8) is 0 Å². The quantitative estimate of drug-likeness (QED) is 0.830. The lowest BCUT2D eigenvalue weighted by molar-refractivity contribution is 0.0698. The lowest BCUT2D eigenvalue weighted by Crippen LogP contribution is -2.20. The highest BCUT2D eigenvalue weighted by atomic mass is 79.9. The highest BCUT2D eigenvalue weighted by Crippen LogP contribution is 2.35. The number of benzene rings is 1. The molecule has 0 amide bonds. The van der Waals surface area contributed by atoms with Crippen molar-refractivity contribution in [3.05, 3.63) is 28.2 Å². The molecule has 1 aliphatic carbocycles. The molecular weight excluding hydrogens is 294 g/mol. The van der Waals surface area contributed by atoms with Gasteiger partial charge >= 0.3 is 5.97 Å². The van der Waals surface area contributed by atoms with Gasteiger partial charge in [0.2, 0.25) is 0 Å². The lowest BCUT2D eigenvalue weighted by Gasteiger charge is -2.19. The first kappa shape index (κ1) is 13.4. The van der Waals surface area contributed by atoms with E-state index in [4.69, 9.17) is 0 Å². The third kappa shape index (κ3) is 3.48. The molecule has 0 bridgehead atoms. The molecule has 1 aromatic carbocycles. The summed E-state index contributed by atoms with van der Waals surface area (Å²) in [5, 5.41) is 12.6. The fraction of sp³-hybridized carbons (Fsp3) is 0.500. The first-order valence-electron chi connectivity index (χ1n) is 6.39. The van der Waals surface area contributed by atoms with Crippen molar-refractivity contribution in [1.29, 1.82) is 0 Å². The van der Waals surface area contributed by atoms with Gasteiger partial charge < -0.3 is 10.4 Å². The Hall–Kier alpha value is -1.03. The molecule has 1 aliphatic rings. The Morgan fingerprint density at radius 3 is 2.83 bits per heavy atom. The predicted molar refractivity (Wildman–Crippen MR) is 76.1 cm³/mol. The van der Waals surface area contributed by atoms with Crippen LogP contribution >= 0.6 is 15.9 Å². The molecule has 1 saturated carbocycles. The molecule has 1 unspecified atom stereocenters. The average molecular weight is 312 g/mol. The summed E-state index contributed by atoms with van der Waals surface area (Å²) in [5.41, 5.74) is 1.05. The summed E-state index contributed by atoms with van der Waals surface area (Å²) in [6, 6.07) is 5.73. The van der Waals surface area contributed by atoms with Crippen LogP contribution in [0.2, 0.25) is 0 Å². The van der Waals surface area contributed by atoms with Gasteiger partial charge in [-0.1, -0.05) is 35.7 Å². The Morgan fingerprint density at radius 1 is 1.56 bits per heavy atom. The zero-order valence-electron chi connectivity index (χ0n) is 10.4. The van der Waals surface area contributed by atoms with Gasteiger partial charge in [0.1, 0.15) is 0 Å². The van der Waals surface area contributed by atoms with Gasteiger partial charge in [0.15, 0.2) is 0 Å². The van der Waals surface area contributed by atoms with E-state index in [1.54, 1.807) is 6.07 Å². The minimum Gasteiger partial charge on any atom is -0.478 e. The van der Waals surface area contributed by atoms with Crippen LogP contribution in [-0.4, -0.2) is 17.1 Å². The Bertz CT molecular complexity index is 443. The van der Waals surface area contributed by atoms with Gasteiger partial charge in [0, 0.05) is 16.2 Å². The summed E-state index contributed by atoms with van der Waals surface area (Å²) in [4.78, 5) is 11.2. The minimum atomic E-state index is -0.889. The van der Waals surface area contributed by atoms with Crippen molar-refractivity contribution in [2.75, 3.05) is 5.32 Å². The number of halogens is 1. The maximum Gasteiger partial charge on any atom is 0.337 e. The summed E-state index contributed by atoms with van der Waals surface area (Å²) in [7, 11) is 0. The third-order valence-electron chi connectivity index (χ3n) is 3.38. The van der Waals surface area contributed by atoms with Crippen molar-refractivity contribution in [3.8, 4) is 0 Å². The van der Waals surface area contributed by atoms with Crippen molar-refractivity contribution in [2.24, 2.45) is 5.92 Å². The Morgan fingerprint density at radius 2 is 2.28 bits per heavy atom. The molecule has 2 N–H and O–H groups in total. The van der Waals surface area contributed by atoms with E-state index in [0.717, 1.165) is 28.9 Å². The van der Waals surface area contributed by atoms with Crippen molar-refractivity contribution in [1.82, 2.24) is 0 Å². The van der Waals surface area contributed by atoms with Crippen molar-refractivity contribution >= 4 is 27.6 Å². The summed E-state index contributed by atoms with van der Waals surface area (Å²) in [5.74, 6) is -0.0498. The second-order valence-electron chi connectivity index (χ2n) is 4.92. The van der Waals surface area contributed by atoms with E-state index in [-0.39, 0.29) is 0 Å². The largest absolute Gasteiger partial charge is 0.478 e. The van der Waals surface area contributed by atoms with Gasteiger partial charge in [-0.25, -0.2) is 4.79 Å². The molecule has 1 aromatic rings.